The Morgan fingerprint density at radius 2 is 1.90 bits per heavy atom. The molecule has 0 saturated carbocycles. The van der Waals surface area contributed by atoms with Crippen LogP contribution in [0.2, 0.25) is 5.02 Å². The van der Waals surface area contributed by atoms with Crippen LogP contribution in [0, 0.1) is 0 Å². The molecule has 2 nitrogen and oxygen atoms in total. The number of amides is 1. The summed E-state index contributed by atoms with van der Waals surface area (Å²) in [5.41, 5.74) is 2.01. The van der Waals surface area contributed by atoms with Crippen LogP contribution in [0.25, 0.3) is 0 Å². The topological polar surface area (TPSA) is 20.3 Å². The minimum absolute atomic E-state index is 0.00851. The molecule has 3 rings (SSSR count). The number of thioether (sulfide) groups is 1. The Hall–Kier alpha value is -1.45. The van der Waals surface area contributed by atoms with E-state index < -0.39 is 0 Å². The zero-order valence-electron chi connectivity index (χ0n) is 11.7. The van der Waals surface area contributed by atoms with Crippen LogP contribution in [-0.2, 0) is 4.79 Å². The second-order valence-corrected chi connectivity index (χ2v) is 6.71. The number of benzene rings is 2. The molecule has 2 aromatic carbocycles. The number of nitrogens with zero attached hydrogens (tertiary/aromatic N) is 1. The van der Waals surface area contributed by atoms with Gasteiger partial charge in [-0.3, -0.25) is 9.69 Å². The van der Waals surface area contributed by atoms with E-state index in [0.29, 0.717) is 5.02 Å². The van der Waals surface area contributed by atoms with Crippen LogP contribution in [0.3, 0.4) is 0 Å². The summed E-state index contributed by atoms with van der Waals surface area (Å²) in [7, 11) is 0. The van der Waals surface area contributed by atoms with Gasteiger partial charge in [0.2, 0.25) is 5.91 Å². The largest absolute Gasteiger partial charge is 0.295 e. The molecule has 0 spiro atoms. The van der Waals surface area contributed by atoms with E-state index >= 15 is 0 Å². The summed E-state index contributed by atoms with van der Waals surface area (Å²) in [5, 5.41) is 0.674. The van der Waals surface area contributed by atoms with Crippen molar-refractivity contribution >= 4 is 35.0 Å². The van der Waals surface area contributed by atoms with Gasteiger partial charge in [-0.15, -0.1) is 11.8 Å². The van der Waals surface area contributed by atoms with Gasteiger partial charge in [-0.2, -0.15) is 0 Å². The molecular formula is C17H16ClNOS. The van der Waals surface area contributed by atoms with Crippen molar-refractivity contribution in [2.45, 2.75) is 24.0 Å². The SMILES string of the molecule is CCC1SC(c2ccccc2)N(c2cccc(Cl)c2)C1=O. The molecule has 2 atom stereocenters. The molecule has 4 heteroatoms. The van der Waals surface area contributed by atoms with Crippen molar-refractivity contribution in [3.63, 3.8) is 0 Å². The van der Waals surface area contributed by atoms with E-state index in [0.717, 1.165) is 17.7 Å². The maximum atomic E-state index is 12.7. The lowest BCUT2D eigenvalue weighted by molar-refractivity contribution is -0.117. The first-order chi connectivity index (χ1) is 10.2. The summed E-state index contributed by atoms with van der Waals surface area (Å²) in [6, 6.07) is 17.7. The quantitative estimate of drug-likeness (QED) is 0.802. The van der Waals surface area contributed by atoms with Crippen LogP contribution in [0.5, 0.6) is 0 Å². The lowest BCUT2D eigenvalue weighted by atomic mass is 10.1. The molecule has 1 amide bonds. The molecule has 0 aromatic heterocycles. The van der Waals surface area contributed by atoms with Crippen molar-refractivity contribution in [1.29, 1.82) is 0 Å². The average Bonchev–Trinajstić information content (AvgIpc) is 2.85. The van der Waals surface area contributed by atoms with E-state index in [1.165, 1.54) is 0 Å². The average molecular weight is 318 g/mol. The molecule has 2 aromatic rings. The first-order valence-corrected chi connectivity index (χ1v) is 8.32. The lowest BCUT2D eigenvalue weighted by Gasteiger charge is -2.24. The predicted molar refractivity (Wildman–Crippen MR) is 89.8 cm³/mol. The van der Waals surface area contributed by atoms with E-state index in [-0.39, 0.29) is 16.5 Å². The third-order valence-corrected chi connectivity index (χ3v) is 5.42. The summed E-state index contributed by atoms with van der Waals surface area (Å²) in [5.74, 6) is 0.165. The van der Waals surface area contributed by atoms with Gasteiger partial charge in [-0.05, 0) is 30.2 Å². The fourth-order valence-electron chi connectivity index (χ4n) is 2.55. The Balaban J connectivity index is 2.03. The fraction of sp³-hybridized carbons (Fsp3) is 0.235. The number of hydrogen-bond donors (Lipinski definition) is 0. The minimum atomic E-state index is 0.00851. The first kappa shape index (κ1) is 14.5. The van der Waals surface area contributed by atoms with E-state index in [2.05, 4.69) is 19.1 Å². The number of carbonyl (C=O) groups is 1. The molecule has 0 aliphatic carbocycles. The second kappa shape index (κ2) is 6.12. The van der Waals surface area contributed by atoms with Crippen LogP contribution in [-0.4, -0.2) is 11.2 Å². The molecule has 1 saturated heterocycles. The monoisotopic (exact) mass is 317 g/mol. The molecule has 0 radical (unpaired) electrons. The predicted octanol–water partition coefficient (Wildman–Crippen LogP) is 4.90. The zero-order valence-corrected chi connectivity index (χ0v) is 13.3. The molecule has 108 valence electrons. The molecule has 1 heterocycles. The lowest BCUT2D eigenvalue weighted by Crippen LogP contribution is -2.30. The first-order valence-electron chi connectivity index (χ1n) is 6.99. The standard InChI is InChI=1S/C17H16ClNOS/c1-2-15-16(20)19(14-10-6-9-13(18)11-14)17(21-15)12-7-4-3-5-8-12/h3-11,15,17H,2H2,1H3. The summed E-state index contributed by atoms with van der Waals surface area (Å²) in [6.45, 7) is 2.05. The van der Waals surface area contributed by atoms with Gasteiger partial charge in [0, 0.05) is 10.7 Å². The van der Waals surface area contributed by atoms with Gasteiger partial charge in [0.25, 0.3) is 0 Å². The fourth-order valence-corrected chi connectivity index (χ4v) is 4.13. The molecule has 0 N–H and O–H groups in total. The highest BCUT2D eigenvalue weighted by Gasteiger charge is 2.40. The molecule has 1 fully saturated rings. The highest BCUT2D eigenvalue weighted by molar-refractivity contribution is 8.01. The van der Waals surface area contributed by atoms with Crippen molar-refractivity contribution in [2.75, 3.05) is 4.90 Å². The van der Waals surface area contributed by atoms with Gasteiger partial charge < -0.3 is 0 Å². The zero-order chi connectivity index (χ0) is 14.8. The Kier molecular flexibility index (Phi) is 4.22. The van der Waals surface area contributed by atoms with E-state index in [1.54, 1.807) is 11.8 Å². The Bertz CT molecular complexity index is 646. The summed E-state index contributed by atoms with van der Waals surface area (Å²) in [4.78, 5) is 14.6. The maximum Gasteiger partial charge on any atom is 0.241 e. The number of anilines is 1. The highest BCUT2D eigenvalue weighted by atomic mass is 35.5. The number of hydrogen-bond acceptors (Lipinski definition) is 2. The van der Waals surface area contributed by atoms with Gasteiger partial charge in [0.15, 0.2) is 0 Å². The van der Waals surface area contributed by atoms with Crippen LogP contribution in [0.1, 0.15) is 24.3 Å². The summed E-state index contributed by atoms with van der Waals surface area (Å²) < 4.78 is 0. The van der Waals surface area contributed by atoms with Gasteiger partial charge in [-0.1, -0.05) is 54.9 Å². The second-order valence-electron chi connectivity index (χ2n) is 4.98. The van der Waals surface area contributed by atoms with Crippen molar-refractivity contribution in [3.05, 3.63) is 65.2 Å². The van der Waals surface area contributed by atoms with Crippen LogP contribution in [0.15, 0.2) is 54.6 Å². The van der Waals surface area contributed by atoms with Crippen LogP contribution >= 0.6 is 23.4 Å². The summed E-state index contributed by atoms with van der Waals surface area (Å²) in [6.07, 6.45) is 0.837. The van der Waals surface area contributed by atoms with Gasteiger partial charge in [0.1, 0.15) is 5.37 Å². The molecule has 1 aliphatic rings. The van der Waals surface area contributed by atoms with E-state index in [1.807, 2.05) is 47.4 Å². The molecule has 21 heavy (non-hydrogen) atoms. The van der Waals surface area contributed by atoms with E-state index in [4.69, 9.17) is 11.6 Å². The molecule has 2 unspecified atom stereocenters. The van der Waals surface area contributed by atoms with Crippen LogP contribution in [0.4, 0.5) is 5.69 Å². The molecule has 0 bridgehead atoms. The molecule has 1 aliphatic heterocycles. The van der Waals surface area contributed by atoms with Gasteiger partial charge in [-0.25, -0.2) is 0 Å². The Morgan fingerprint density at radius 1 is 1.14 bits per heavy atom. The third-order valence-electron chi connectivity index (χ3n) is 3.58. The summed E-state index contributed by atoms with van der Waals surface area (Å²) >= 11 is 7.80. The van der Waals surface area contributed by atoms with Crippen molar-refractivity contribution in [3.8, 4) is 0 Å². The molecular weight excluding hydrogens is 302 g/mol. The maximum absolute atomic E-state index is 12.7. The van der Waals surface area contributed by atoms with Gasteiger partial charge >= 0.3 is 0 Å². The normalized spacial score (nSPS) is 21.8. The van der Waals surface area contributed by atoms with E-state index in [9.17, 15) is 4.79 Å². The van der Waals surface area contributed by atoms with Gasteiger partial charge in [0.05, 0.1) is 5.25 Å². The Morgan fingerprint density at radius 3 is 2.57 bits per heavy atom. The van der Waals surface area contributed by atoms with Crippen LogP contribution < -0.4 is 4.90 Å². The highest BCUT2D eigenvalue weighted by Crippen LogP contribution is 2.46. The Labute approximate surface area is 134 Å². The number of carbonyl (C=O) groups excluding carboxylic acids is 1. The third kappa shape index (κ3) is 2.81. The smallest absolute Gasteiger partial charge is 0.241 e. The van der Waals surface area contributed by atoms with Crippen molar-refractivity contribution in [2.24, 2.45) is 0 Å². The minimum Gasteiger partial charge on any atom is -0.295 e. The van der Waals surface area contributed by atoms with Crippen molar-refractivity contribution < 1.29 is 4.79 Å². The van der Waals surface area contributed by atoms with Crippen molar-refractivity contribution in [1.82, 2.24) is 0 Å². The number of rotatable bonds is 3. The number of halogens is 1.